The Morgan fingerprint density at radius 2 is 1.70 bits per heavy atom. The summed E-state index contributed by atoms with van der Waals surface area (Å²) in [6.07, 6.45) is 5.67. The summed E-state index contributed by atoms with van der Waals surface area (Å²) in [6, 6.07) is 16.6. The van der Waals surface area contributed by atoms with Crippen LogP contribution in [0.5, 0.6) is 0 Å². The first-order valence-electron chi connectivity index (χ1n) is 7.38. The van der Waals surface area contributed by atoms with Crippen LogP contribution in [0.4, 0.5) is 0 Å². The van der Waals surface area contributed by atoms with E-state index in [0.717, 1.165) is 12.1 Å². The summed E-state index contributed by atoms with van der Waals surface area (Å²) in [7, 11) is 0. The minimum absolute atomic E-state index is 0.449. The van der Waals surface area contributed by atoms with Crippen LogP contribution in [0.3, 0.4) is 0 Å². The molecule has 0 aliphatic heterocycles. The average molecular weight is 436 g/mol. The van der Waals surface area contributed by atoms with E-state index in [1.165, 1.54) is 13.4 Å². The van der Waals surface area contributed by atoms with Gasteiger partial charge in [-0.25, -0.2) is 4.98 Å². The lowest BCUT2D eigenvalue weighted by atomic mass is 10.1. The second-order valence-electron chi connectivity index (χ2n) is 5.23. The molecular weight excluding hydrogens is 419 g/mol. The van der Waals surface area contributed by atoms with Crippen molar-refractivity contribution in [2.75, 3.05) is 0 Å². The van der Waals surface area contributed by atoms with Gasteiger partial charge in [0.05, 0.1) is 12.4 Å². The van der Waals surface area contributed by atoms with Crippen LogP contribution >= 0.6 is 34.4 Å². The summed E-state index contributed by atoms with van der Waals surface area (Å²) < 4.78 is 3.22. The van der Waals surface area contributed by atoms with Crippen molar-refractivity contribution in [2.45, 2.75) is 28.9 Å². The van der Waals surface area contributed by atoms with Crippen LogP contribution in [0.1, 0.15) is 18.1 Å². The number of hydrogen-bond acceptors (Lipinski definition) is 3. The highest BCUT2D eigenvalue weighted by molar-refractivity contribution is 14.1. The number of aromatic nitrogens is 2. The summed E-state index contributed by atoms with van der Waals surface area (Å²) in [5, 5.41) is 10.3. The molecule has 0 bridgehead atoms. The molecule has 3 rings (SSSR count). The second-order valence-corrected chi connectivity index (χ2v) is 7.62. The Kier molecular flexibility index (Phi) is 5.75. The van der Waals surface area contributed by atoms with E-state index in [-0.39, 0.29) is 0 Å². The summed E-state index contributed by atoms with van der Waals surface area (Å²) >= 11 is 4.04. The van der Waals surface area contributed by atoms with Gasteiger partial charge in [0.1, 0.15) is 0 Å². The monoisotopic (exact) mass is 436 g/mol. The van der Waals surface area contributed by atoms with E-state index in [2.05, 4.69) is 64.0 Å². The van der Waals surface area contributed by atoms with Gasteiger partial charge in [0.15, 0.2) is 0 Å². The lowest BCUT2D eigenvalue weighted by molar-refractivity contribution is 0.161. The van der Waals surface area contributed by atoms with Gasteiger partial charge in [0.2, 0.25) is 0 Å². The van der Waals surface area contributed by atoms with Crippen molar-refractivity contribution in [3.8, 4) is 0 Å². The highest BCUT2D eigenvalue weighted by Crippen LogP contribution is 2.29. The van der Waals surface area contributed by atoms with Crippen LogP contribution in [0.15, 0.2) is 77.0 Å². The number of aliphatic hydroxyl groups is 1. The van der Waals surface area contributed by atoms with E-state index in [0.29, 0.717) is 6.42 Å². The smallest absolute Gasteiger partial charge is 0.0945 e. The average Bonchev–Trinajstić information content (AvgIpc) is 3.09. The fourth-order valence-electron chi connectivity index (χ4n) is 2.25. The van der Waals surface area contributed by atoms with Gasteiger partial charge in [-0.05, 0) is 71.0 Å². The highest BCUT2D eigenvalue weighted by atomic mass is 127. The molecule has 1 unspecified atom stereocenters. The predicted molar refractivity (Wildman–Crippen MR) is 102 cm³/mol. The molecular formula is C18H17IN2OS. The van der Waals surface area contributed by atoms with Crippen molar-refractivity contribution < 1.29 is 5.11 Å². The third kappa shape index (κ3) is 4.83. The van der Waals surface area contributed by atoms with Crippen molar-refractivity contribution in [3.63, 3.8) is 0 Å². The van der Waals surface area contributed by atoms with Crippen LogP contribution < -0.4 is 0 Å². The van der Waals surface area contributed by atoms with Gasteiger partial charge in [-0.3, -0.25) is 0 Å². The molecule has 3 nitrogen and oxygen atoms in total. The molecule has 1 N–H and O–H groups in total. The molecule has 0 fully saturated rings. The Morgan fingerprint density at radius 1 is 1.04 bits per heavy atom. The Balaban J connectivity index is 1.58. The Bertz CT molecular complexity index is 727. The zero-order chi connectivity index (χ0) is 16.1. The van der Waals surface area contributed by atoms with E-state index in [1.54, 1.807) is 24.3 Å². The molecule has 0 spiro atoms. The first kappa shape index (κ1) is 16.5. The van der Waals surface area contributed by atoms with Gasteiger partial charge in [0.25, 0.3) is 0 Å². The topological polar surface area (TPSA) is 38.0 Å². The lowest BCUT2D eigenvalue weighted by Crippen LogP contribution is -2.03. The molecule has 0 saturated heterocycles. The van der Waals surface area contributed by atoms with E-state index in [9.17, 15) is 5.11 Å². The molecule has 0 amide bonds. The third-order valence-corrected chi connectivity index (χ3v) is 5.27. The minimum Gasteiger partial charge on any atom is -0.388 e. The molecule has 0 aliphatic rings. The molecule has 5 heteroatoms. The van der Waals surface area contributed by atoms with Crippen molar-refractivity contribution in [3.05, 3.63) is 76.4 Å². The van der Waals surface area contributed by atoms with Crippen LogP contribution in [0, 0.1) is 3.57 Å². The molecule has 0 radical (unpaired) electrons. The van der Waals surface area contributed by atoms with Gasteiger partial charge < -0.3 is 9.67 Å². The minimum atomic E-state index is -0.449. The number of aliphatic hydroxyl groups excluding tert-OH is 1. The normalized spacial score (nSPS) is 12.3. The van der Waals surface area contributed by atoms with Gasteiger partial charge in [-0.2, -0.15) is 0 Å². The molecule has 1 heterocycles. The molecule has 23 heavy (non-hydrogen) atoms. The molecule has 0 aliphatic carbocycles. The first-order chi connectivity index (χ1) is 11.2. The maximum atomic E-state index is 10.3. The molecule has 118 valence electrons. The van der Waals surface area contributed by atoms with Gasteiger partial charge >= 0.3 is 0 Å². The Hall–Kier alpha value is -1.31. The zero-order valence-electron chi connectivity index (χ0n) is 12.5. The number of halogens is 1. The summed E-state index contributed by atoms with van der Waals surface area (Å²) in [6.45, 7) is 0.764. The first-order valence-corrected chi connectivity index (χ1v) is 9.27. The highest BCUT2D eigenvalue weighted by Gasteiger charge is 2.08. The SMILES string of the molecule is OC(CCn1ccnc1)c1ccc(Sc2ccc(I)cc2)cc1. The quantitative estimate of drug-likeness (QED) is 0.567. The van der Waals surface area contributed by atoms with E-state index < -0.39 is 6.10 Å². The predicted octanol–water partition coefficient (Wildman–Crippen LogP) is 4.76. The van der Waals surface area contributed by atoms with Crippen LogP contribution in [-0.4, -0.2) is 14.7 Å². The van der Waals surface area contributed by atoms with E-state index in [1.807, 2.05) is 22.9 Å². The van der Waals surface area contributed by atoms with Crippen molar-refractivity contribution in [1.82, 2.24) is 9.55 Å². The van der Waals surface area contributed by atoms with Crippen molar-refractivity contribution in [2.24, 2.45) is 0 Å². The molecule has 1 atom stereocenters. The maximum absolute atomic E-state index is 10.3. The van der Waals surface area contributed by atoms with Crippen LogP contribution in [0.25, 0.3) is 0 Å². The number of hydrogen-bond donors (Lipinski definition) is 1. The molecule has 2 aromatic carbocycles. The molecule has 1 aromatic heterocycles. The largest absolute Gasteiger partial charge is 0.388 e. The number of rotatable bonds is 6. The Morgan fingerprint density at radius 3 is 2.30 bits per heavy atom. The van der Waals surface area contributed by atoms with E-state index in [4.69, 9.17) is 0 Å². The van der Waals surface area contributed by atoms with E-state index >= 15 is 0 Å². The van der Waals surface area contributed by atoms with Gasteiger partial charge in [-0.15, -0.1) is 0 Å². The van der Waals surface area contributed by atoms with Crippen LogP contribution in [0.2, 0.25) is 0 Å². The third-order valence-electron chi connectivity index (χ3n) is 3.53. The zero-order valence-corrected chi connectivity index (χ0v) is 15.4. The molecule has 0 saturated carbocycles. The van der Waals surface area contributed by atoms with Crippen LogP contribution in [-0.2, 0) is 6.54 Å². The number of aryl methyl sites for hydroxylation is 1. The fraction of sp³-hybridized carbons (Fsp3) is 0.167. The Labute approximate surface area is 153 Å². The van der Waals surface area contributed by atoms with Gasteiger partial charge in [-0.1, -0.05) is 23.9 Å². The summed E-state index contributed by atoms with van der Waals surface area (Å²) in [5.41, 5.74) is 0.956. The maximum Gasteiger partial charge on any atom is 0.0945 e. The summed E-state index contributed by atoms with van der Waals surface area (Å²) in [5.74, 6) is 0. The summed E-state index contributed by atoms with van der Waals surface area (Å²) in [4.78, 5) is 6.41. The number of benzene rings is 2. The van der Waals surface area contributed by atoms with Gasteiger partial charge in [0, 0.05) is 32.3 Å². The standard InChI is InChI=1S/C18H17IN2OS/c19-15-3-7-17(8-4-15)23-16-5-1-14(2-6-16)18(22)9-11-21-12-10-20-13-21/h1-8,10,12-13,18,22H,9,11H2. The van der Waals surface area contributed by atoms with Crippen molar-refractivity contribution >= 4 is 34.4 Å². The number of imidazole rings is 1. The second kappa shape index (κ2) is 7.99. The number of nitrogens with zero attached hydrogens (tertiary/aromatic N) is 2. The molecule has 3 aromatic rings. The lowest BCUT2D eigenvalue weighted by Gasteiger charge is -2.12. The fourth-order valence-corrected chi connectivity index (χ4v) is 3.43. The van der Waals surface area contributed by atoms with Crippen molar-refractivity contribution in [1.29, 1.82) is 0 Å².